The molecule has 2 aromatic carbocycles. The van der Waals surface area contributed by atoms with Gasteiger partial charge in [0.2, 0.25) is 5.95 Å². The molecule has 9 nitrogen and oxygen atoms in total. The quantitative estimate of drug-likeness (QED) is 0.337. The van der Waals surface area contributed by atoms with Gasteiger partial charge in [-0.3, -0.25) is 4.79 Å². The van der Waals surface area contributed by atoms with Crippen LogP contribution in [-0.2, 0) is 17.8 Å². The minimum atomic E-state index is -0.474. The van der Waals surface area contributed by atoms with Crippen LogP contribution in [0.5, 0.6) is 0 Å². The van der Waals surface area contributed by atoms with Crippen molar-refractivity contribution in [3.05, 3.63) is 71.5 Å². The molecule has 2 N–H and O–H groups in total. The molecule has 0 unspecified atom stereocenters. The van der Waals surface area contributed by atoms with Gasteiger partial charge in [0.25, 0.3) is 0 Å². The summed E-state index contributed by atoms with van der Waals surface area (Å²) in [5, 5.41) is 12.5. The van der Waals surface area contributed by atoms with E-state index in [0.717, 1.165) is 46.6 Å². The number of anilines is 1. The molecular formula is C28H32N6O3. The zero-order chi connectivity index (χ0) is 25.8. The van der Waals surface area contributed by atoms with Crippen molar-refractivity contribution in [2.24, 2.45) is 0 Å². The molecule has 0 atom stereocenters. The monoisotopic (exact) mass is 500 g/mol. The molecule has 1 aliphatic heterocycles. The van der Waals surface area contributed by atoms with E-state index in [9.17, 15) is 4.79 Å². The average Bonchev–Trinajstić information content (AvgIpc) is 3.38. The number of hydrogen-bond donors (Lipinski definition) is 2. The minimum Gasteiger partial charge on any atom is -0.388 e. The van der Waals surface area contributed by atoms with Crippen LogP contribution in [0.1, 0.15) is 41.4 Å². The maximum absolute atomic E-state index is 11.6. The van der Waals surface area contributed by atoms with Crippen LogP contribution in [0.4, 0.5) is 5.95 Å². The molecule has 0 saturated carbocycles. The molecule has 0 spiro atoms. The Morgan fingerprint density at radius 3 is 2.54 bits per heavy atom. The number of aliphatic hydroxyl groups is 1. The Hall–Kier alpha value is -3.66. The number of fused-ring (bicyclic) bond motifs is 1. The smallest absolute Gasteiger partial charge is 0.228 e. The van der Waals surface area contributed by atoms with Gasteiger partial charge in [-0.15, -0.1) is 0 Å². The fourth-order valence-corrected chi connectivity index (χ4v) is 4.47. The highest BCUT2D eigenvalue weighted by Crippen LogP contribution is 2.29. The first kappa shape index (κ1) is 25.0. The molecule has 192 valence electrons. The van der Waals surface area contributed by atoms with Crippen LogP contribution >= 0.6 is 0 Å². The number of benzene rings is 2. The summed E-state index contributed by atoms with van der Waals surface area (Å²) in [6.07, 6.45) is 1.85. The highest BCUT2D eigenvalue weighted by atomic mass is 16.5. The van der Waals surface area contributed by atoms with Crippen LogP contribution in [0.25, 0.3) is 22.4 Å². The molecule has 9 heteroatoms. The number of nitrogens with zero attached hydrogens (tertiary/aromatic N) is 5. The second-order valence-corrected chi connectivity index (χ2v) is 9.47. The molecule has 0 amide bonds. The van der Waals surface area contributed by atoms with E-state index in [1.54, 1.807) is 12.1 Å². The van der Waals surface area contributed by atoms with Gasteiger partial charge in [-0.25, -0.2) is 9.97 Å². The fourth-order valence-electron chi connectivity index (χ4n) is 4.47. The third-order valence-corrected chi connectivity index (χ3v) is 6.54. The lowest BCUT2D eigenvalue weighted by atomic mass is 10.1. The number of morpholine rings is 1. The van der Waals surface area contributed by atoms with Crippen LogP contribution in [-0.4, -0.2) is 63.3 Å². The molecule has 1 fully saturated rings. The van der Waals surface area contributed by atoms with Gasteiger partial charge in [0.1, 0.15) is 17.8 Å². The predicted octanol–water partition coefficient (Wildman–Crippen LogP) is 3.38. The largest absolute Gasteiger partial charge is 0.388 e. The van der Waals surface area contributed by atoms with Crippen molar-refractivity contribution in [3.8, 4) is 11.3 Å². The van der Waals surface area contributed by atoms with Crippen molar-refractivity contribution in [2.45, 2.75) is 33.0 Å². The Balaban J connectivity index is 1.38. The zero-order valence-corrected chi connectivity index (χ0v) is 21.2. The van der Waals surface area contributed by atoms with Crippen molar-refractivity contribution in [1.29, 1.82) is 0 Å². The maximum atomic E-state index is 11.6. The Morgan fingerprint density at radius 2 is 1.81 bits per heavy atom. The highest BCUT2D eigenvalue weighted by Gasteiger charge is 2.21. The number of ether oxygens (including phenoxy) is 1. The van der Waals surface area contributed by atoms with Gasteiger partial charge in [0.05, 0.1) is 19.5 Å². The molecule has 5 rings (SSSR count). The normalized spacial score (nSPS) is 14.0. The van der Waals surface area contributed by atoms with E-state index in [0.29, 0.717) is 37.8 Å². The summed E-state index contributed by atoms with van der Waals surface area (Å²) < 4.78 is 7.62. The van der Waals surface area contributed by atoms with Gasteiger partial charge in [0, 0.05) is 43.3 Å². The van der Waals surface area contributed by atoms with Crippen molar-refractivity contribution < 1.29 is 14.6 Å². The number of imidazole rings is 1. The van der Waals surface area contributed by atoms with E-state index in [1.165, 1.54) is 0 Å². The number of Topliss-reactive ketones (excluding diaryl/α,β-unsaturated/α-hetero) is 1. The van der Waals surface area contributed by atoms with Crippen LogP contribution in [0.3, 0.4) is 0 Å². The number of rotatable bonds is 9. The summed E-state index contributed by atoms with van der Waals surface area (Å²) in [4.78, 5) is 28.4. The van der Waals surface area contributed by atoms with Gasteiger partial charge in [-0.1, -0.05) is 42.5 Å². The van der Waals surface area contributed by atoms with Crippen LogP contribution in [0.2, 0.25) is 0 Å². The Kier molecular flexibility index (Phi) is 7.55. The second-order valence-electron chi connectivity index (χ2n) is 9.47. The summed E-state index contributed by atoms with van der Waals surface area (Å²) in [6.45, 7) is 7.98. The van der Waals surface area contributed by atoms with Gasteiger partial charge >= 0.3 is 0 Å². The molecule has 0 radical (unpaired) electrons. The van der Waals surface area contributed by atoms with Gasteiger partial charge < -0.3 is 24.6 Å². The molecule has 2 aromatic heterocycles. The lowest BCUT2D eigenvalue weighted by Crippen LogP contribution is -2.37. The molecule has 0 bridgehead atoms. The Labute approximate surface area is 216 Å². The first-order valence-electron chi connectivity index (χ1n) is 12.6. The molecular weight excluding hydrogens is 468 g/mol. The average molecular weight is 501 g/mol. The van der Waals surface area contributed by atoms with Gasteiger partial charge in [-0.05, 0) is 31.0 Å². The van der Waals surface area contributed by atoms with Crippen LogP contribution in [0, 0.1) is 0 Å². The number of carbonyl (C=O) groups excluding carboxylic acids is 1. The summed E-state index contributed by atoms with van der Waals surface area (Å²) in [6, 6.07) is 15.9. The SMILES string of the molecule is CC(C)n1cnc2c(-c3cccc(CNCc4ccc(C(=O)CO)cc4)c3)nc(N3CCOCC3)nc21. The first-order valence-corrected chi connectivity index (χ1v) is 12.6. The van der Waals surface area contributed by atoms with Crippen LogP contribution in [0.15, 0.2) is 54.9 Å². The Morgan fingerprint density at radius 1 is 1.05 bits per heavy atom. The van der Waals surface area contributed by atoms with Crippen LogP contribution < -0.4 is 10.2 Å². The van der Waals surface area contributed by atoms with E-state index in [4.69, 9.17) is 24.8 Å². The van der Waals surface area contributed by atoms with E-state index < -0.39 is 6.61 Å². The molecule has 37 heavy (non-hydrogen) atoms. The van der Waals surface area contributed by atoms with E-state index in [-0.39, 0.29) is 11.8 Å². The standard InChI is InChI=1S/C28H32N6O3/c1-19(2)34-18-30-26-25(31-28(32-27(26)34)33-10-12-37-13-11-33)23-5-3-4-21(14-23)16-29-15-20-6-8-22(9-7-20)24(36)17-35/h3-9,14,18-19,29,35H,10-13,15-17H2,1-2H3. The highest BCUT2D eigenvalue weighted by molar-refractivity contribution is 5.96. The number of aromatic nitrogens is 4. The molecule has 1 saturated heterocycles. The topological polar surface area (TPSA) is 105 Å². The van der Waals surface area contributed by atoms with Gasteiger partial charge in [-0.2, -0.15) is 4.98 Å². The molecule has 1 aliphatic rings. The molecule has 4 aromatic rings. The first-order chi connectivity index (χ1) is 18.0. The Bertz CT molecular complexity index is 1380. The maximum Gasteiger partial charge on any atom is 0.228 e. The number of hydrogen-bond acceptors (Lipinski definition) is 8. The summed E-state index contributed by atoms with van der Waals surface area (Å²) in [5.74, 6) is 0.435. The number of aliphatic hydroxyl groups excluding tert-OH is 1. The number of carbonyl (C=O) groups is 1. The van der Waals surface area contributed by atoms with E-state index >= 15 is 0 Å². The third kappa shape index (κ3) is 5.53. The fraction of sp³-hybridized carbons (Fsp3) is 0.357. The summed E-state index contributed by atoms with van der Waals surface area (Å²) in [7, 11) is 0. The minimum absolute atomic E-state index is 0.233. The van der Waals surface area contributed by atoms with Crippen molar-refractivity contribution in [1.82, 2.24) is 24.8 Å². The number of ketones is 1. The second kappa shape index (κ2) is 11.2. The zero-order valence-electron chi connectivity index (χ0n) is 21.2. The summed E-state index contributed by atoms with van der Waals surface area (Å²) >= 11 is 0. The molecule has 3 heterocycles. The third-order valence-electron chi connectivity index (χ3n) is 6.54. The van der Waals surface area contributed by atoms with E-state index in [2.05, 4.69) is 46.8 Å². The predicted molar refractivity (Wildman–Crippen MR) is 143 cm³/mol. The van der Waals surface area contributed by atoms with Crippen molar-refractivity contribution in [2.75, 3.05) is 37.8 Å². The van der Waals surface area contributed by atoms with Crippen molar-refractivity contribution >= 4 is 22.9 Å². The number of nitrogens with one attached hydrogen (secondary N) is 1. The molecule has 0 aliphatic carbocycles. The lowest BCUT2D eigenvalue weighted by Gasteiger charge is -2.27. The van der Waals surface area contributed by atoms with E-state index in [1.807, 2.05) is 24.5 Å². The summed E-state index contributed by atoms with van der Waals surface area (Å²) in [5.41, 5.74) is 6.19. The van der Waals surface area contributed by atoms with Crippen molar-refractivity contribution in [3.63, 3.8) is 0 Å². The van der Waals surface area contributed by atoms with Gasteiger partial charge in [0.15, 0.2) is 11.4 Å². The lowest BCUT2D eigenvalue weighted by molar-refractivity contribution is 0.0903.